The first kappa shape index (κ1) is 14.3. The Morgan fingerprint density at radius 3 is 2.30 bits per heavy atom. The Kier molecular flexibility index (Phi) is 8.62. The van der Waals surface area contributed by atoms with Gasteiger partial charge in [0.15, 0.2) is 0 Å². The van der Waals surface area contributed by atoms with Crippen LogP contribution < -0.4 is 4.84 Å². The number of hydrogen-bond donors (Lipinski definition) is 1. The minimum atomic E-state index is -2.79. The Labute approximate surface area is 143 Å². The number of rotatable bonds is 7. The summed E-state index contributed by atoms with van der Waals surface area (Å²) in [4.78, 5) is 15.6. The van der Waals surface area contributed by atoms with Gasteiger partial charge in [-0.1, -0.05) is 13.8 Å². The van der Waals surface area contributed by atoms with Gasteiger partial charge in [0.25, 0.3) is 0 Å². The average molecular weight is 348 g/mol. The molecule has 7 heteroatoms. The summed E-state index contributed by atoms with van der Waals surface area (Å²) in [7, 11) is 0. The summed E-state index contributed by atoms with van der Waals surface area (Å²) in [5, 5.41) is 0. The number of carbonyl (C=O) groups excluding carboxylic acids is 1. The molecule has 0 amide bonds. The van der Waals surface area contributed by atoms with Crippen LogP contribution in [0, 0.1) is 0 Å². The van der Waals surface area contributed by atoms with Gasteiger partial charge in [-0.3, -0.25) is 4.84 Å². The van der Waals surface area contributed by atoms with Gasteiger partial charge in [-0.05, 0) is 37.4 Å². The van der Waals surface area contributed by atoms with Crippen LogP contribution in [0.2, 0.25) is 0 Å². The SMILES string of the molecule is Cl.Cl.[2H]C([2H])(OC(=O)c1ccc(NCl)cc1)C([2H])([2H])N(CC)CC. The Bertz CT molecular complexity index is 514. The highest BCUT2D eigenvalue weighted by atomic mass is 35.5. The number of ether oxygens (including phenoxy) is 1. The molecular formula is C13H21Cl3N2O2. The van der Waals surface area contributed by atoms with E-state index < -0.39 is 19.0 Å². The fourth-order valence-corrected chi connectivity index (χ4v) is 1.37. The average Bonchev–Trinajstić information content (AvgIpc) is 2.47. The van der Waals surface area contributed by atoms with Gasteiger partial charge in [0, 0.05) is 26.7 Å². The summed E-state index contributed by atoms with van der Waals surface area (Å²) in [6, 6.07) is 5.88. The molecule has 0 bridgehead atoms. The van der Waals surface area contributed by atoms with Crippen molar-refractivity contribution >= 4 is 48.2 Å². The van der Waals surface area contributed by atoms with Crippen LogP contribution in [0.4, 0.5) is 5.69 Å². The van der Waals surface area contributed by atoms with Crippen molar-refractivity contribution in [1.82, 2.24) is 4.90 Å². The summed E-state index contributed by atoms with van der Waals surface area (Å²) in [5.74, 6) is -0.942. The number of anilines is 1. The van der Waals surface area contributed by atoms with Crippen molar-refractivity contribution in [3.8, 4) is 0 Å². The highest BCUT2D eigenvalue weighted by Crippen LogP contribution is 2.11. The number of hydrogen-bond acceptors (Lipinski definition) is 4. The Hall–Kier alpha value is -0.680. The summed E-state index contributed by atoms with van der Waals surface area (Å²) in [6.45, 7) is -1.25. The van der Waals surface area contributed by atoms with Crippen LogP contribution in [0.15, 0.2) is 24.3 Å². The molecule has 0 aliphatic heterocycles. The van der Waals surface area contributed by atoms with Gasteiger partial charge in [0.2, 0.25) is 0 Å². The summed E-state index contributed by atoms with van der Waals surface area (Å²) >= 11 is 5.41. The molecule has 0 aliphatic carbocycles. The molecule has 116 valence electrons. The number of carbonyl (C=O) groups is 1. The zero-order valence-electron chi connectivity index (χ0n) is 15.2. The Morgan fingerprint density at radius 2 is 1.85 bits per heavy atom. The number of benzene rings is 1. The predicted octanol–water partition coefficient (Wildman–Crippen LogP) is 3.59. The smallest absolute Gasteiger partial charge is 0.338 e. The van der Waals surface area contributed by atoms with Gasteiger partial charge in [0.1, 0.15) is 6.56 Å². The van der Waals surface area contributed by atoms with E-state index in [4.69, 9.17) is 22.0 Å². The third-order valence-electron chi connectivity index (χ3n) is 2.34. The zero-order chi connectivity index (χ0) is 17.0. The maximum atomic E-state index is 12.0. The number of nitrogens with zero attached hydrogens (tertiary/aromatic N) is 1. The zero-order valence-corrected chi connectivity index (χ0v) is 13.6. The fraction of sp³-hybridized carbons (Fsp3) is 0.462. The maximum absolute atomic E-state index is 12.0. The van der Waals surface area contributed by atoms with Crippen molar-refractivity contribution in [2.75, 3.05) is 31.0 Å². The molecule has 1 rings (SSSR count). The second kappa shape index (κ2) is 12.1. The quantitative estimate of drug-likeness (QED) is 0.604. The third-order valence-corrected chi connectivity index (χ3v) is 2.56. The van der Waals surface area contributed by atoms with Gasteiger partial charge >= 0.3 is 5.97 Å². The topological polar surface area (TPSA) is 41.6 Å². The van der Waals surface area contributed by atoms with Crippen LogP contribution in [-0.2, 0) is 4.74 Å². The summed E-state index contributed by atoms with van der Waals surface area (Å²) in [6.07, 6.45) is 0. The minimum absolute atomic E-state index is 0. The van der Waals surface area contributed by atoms with Crippen LogP contribution in [0.3, 0.4) is 0 Å². The maximum Gasteiger partial charge on any atom is 0.338 e. The van der Waals surface area contributed by atoms with Crippen molar-refractivity contribution < 1.29 is 15.0 Å². The largest absolute Gasteiger partial charge is 0.461 e. The molecule has 0 aliphatic rings. The summed E-state index contributed by atoms with van der Waals surface area (Å²) in [5.41, 5.74) is 0.676. The van der Waals surface area contributed by atoms with Crippen molar-refractivity contribution in [3.05, 3.63) is 29.8 Å². The van der Waals surface area contributed by atoms with Crippen molar-refractivity contribution in [2.24, 2.45) is 0 Å². The third kappa shape index (κ3) is 7.20. The first-order valence-electron chi connectivity index (χ1n) is 7.64. The predicted molar refractivity (Wildman–Crippen MR) is 88.5 cm³/mol. The van der Waals surface area contributed by atoms with E-state index in [2.05, 4.69) is 4.84 Å². The molecule has 1 aromatic carbocycles. The monoisotopic (exact) mass is 346 g/mol. The molecular weight excluding hydrogens is 323 g/mol. The van der Waals surface area contributed by atoms with E-state index in [1.807, 2.05) is 0 Å². The van der Waals surface area contributed by atoms with E-state index in [0.717, 1.165) is 0 Å². The van der Waals surface area contributed by atoms with E-state index in [-0.39, 0.29) is 43.5 Å². The molecule has 0 fully saturated rings. The molecule has 0 aromatic heterocycles. The lowest BCUT2D eigenvalue weighted by molar-refractivity contribution is 0.0466. The van der Waals surface area contributed by atoms with Gasteiger partial charge in [0.05, 0.1) is 8.30 Å². The molecule has 0 radical (unpaired) electrons. The van der Waals surface area contributed by atoms with Crippen LogP contribution in [0.5, 0.6) is 0 Å². The molecule has 0 atom stereocenters. The lowest BCUT2D eigenvalue weighted by Crippen LogP contribution is -2.27. The molecule has 0 unspecified atom stereocenters. The minimum Gasteiger partial charge on any atom is -0.461 e. The molecule has 0 saturated carbocycles. The molecule has 0 heterocycles. The van der Waals surface area contributed by atoms with E-state index in [0.29, 0.717) is 5.69 Å². The standard InChI is InChI=1S/C13H19ClN2O2.2ClH/c1-3-16(4-2)9-10-18-13(17)11-5-7-12(15-14)8-6-11;;/h5-8,15H,3-4,9-10H2,1-2H3;2*1H/i9D2,10D2;;. The molecule has 20 heavy (non-hydrogen) atoms. The van der Waals surface area contributed by atoms with E-state index in [1.54, 1.807) is 13.8 Å². The Balaban J connectivity index is 0. The Morgan fingerprint density at radius 1 is 1.30 bits per heavy atom. The molecule has 0 saturated heterocycles. The number of esters is 1. The van der Waals surface area contributed by atoms with Crippen LogP contribution in [-0.4, -0.2) is 37.0 Å². The van der Waals surface area contributed by atoms with Gasteiger partial charge in [-0.15, -0.1) is 24.8 Å². The van der Waals surface area contributed by atoms with Crippen molar-refractivity contribution in [3.63, 3.8) is 0 Å². The highest BCUT2D eigenvalue weighted by Gasteiger charge is 2.07. The van der Waals surface area contributed by atoms with Gasteiger partial charge in [-0.25, -0.2) is 4.79 Å². The lowest BCUT2D eigenvalue weighted by Gasteiger charge is -2.17. The normalized spacial score (nSPS) is 13.8. The molecule has 4 nitrogen and oxygen atoms in total. The van der Waals surface area contributed by atoms with E-state index in [9.17, 15) is 4.79 Å². The summed E-state index contributed by atoms with van der Waals surface area (Å²) < 4.78 is 36.2. The van der Waals surface area contributed by atoms with Crippen LogP contribution in [0.1, 0.15) is 29.7 Å². The van der Waals surface area contributed by atoms with E-state index in [1.165, 1.54) is 29.2 Å². The number of likely N-dealkylation sites (N-methyl/N-ethyl adjacent to an activating group) is 1. The van der Waals surface area contributed by atoms with Gasteiger partial charge in [-0.2, -0.15) is 0 Å². The fourth-order valence-electron chi connectivity index (χ4n) is 1.24. The van der Waals surface area contributed by atoms with Crippen molar-refractivity contribution in [2.45, 2.75) is 13.8 Å². The highest BCUT2D eigenvalue weighted by molar-refractivity contribution is 6.23. The second-order valence-corrected chi connectivity index (χ2v) is 3.64. The first-order chi connectivity index (χ1) is 10.2. The molecule has 1 aromatic rings. The number of halogens is 3. The second-order valence-electron chi connectivity index (χ2n) is 3.45. The van der Waals surface area contributed by atoms with E-state index >= 15 is 0 Å². The van der Waals surface area contributed by atoms with Gasteiger partial charge < -0.3 is 9.64 Å². The number of nitrogens with one attached hydrogen (secondary N) is 1. The van der Waals surface area contributed by atoms with Crippen LogP contribution >= 0.6 is 36.6 Å². The molecule has 0 spiro atoms. The molecule has 1 N–H and O–H groups in total. The lowest BCUT2D eigenvalue weighted by atomic mass is 10.2. The van der Waals surface area contributed by atoms with Crippen molar-refractivity contribution in [1.29, 1.82) is 0 Å². The van der Waals surface area contributed by atoms with Crippen LogP contribution in [0.25, 0.3) is 0 Å². The first-order valence-corrected chi connectivity index (χ1v) is 6.02.